The van der Waals surface area contributed by atoms with Crippen molar-refractivity contribution < 1.29 is 0 Å². The molecule has 9 aromatic rings. The van der Waals surface area contributed by atoms with Crippen LogP contribution >= 0.6 is 10.0 Å². The molecule has 5 atom stereocenters. The Balaban J connectivity index is 0.980. The average molecular weight is 952 g/mol. The molecule has 1 aliphatic heterocycles. The Morgan fingerprint density at radius 3 is 1.75 bits per heavy atom. The van der Waals surface area contributed by atoms with Gasteiger partial charge in [-0.2, -0.15) is 10.0 Å². The minimum atomic E-state index is -1.15. The molecular formula is C68H61N3S. The fourth-order valence-corrected chi connectivity index (χ4v) is 17.6. The van der Waals surface area contributed by atoms with Crippen LogP contribution in [0.1, 0.15) is 82.1 Å². The molecule has 72 heavy (non-hydrogen) atoms. The molecule has 4 heteroatoms. The summed E-state index contributed by atoms with van der Waals surface area (Å²) in [7, 11) is -1.15. The zero-order valence-electron chi connectivity index (χ0n) is 42.3. The third kappa shape index (κ3) is 6.27. The topological polar surface area (TPSA) is 38.7 Å². The summed E-state index contributed by atoms with van der Waals surface area (Å²) in [5.41, 5.74) is 21.8. The van der Waals surface area contributed by atoms with Gasteiger partial charge in [0.2, 0.25) is 0 Å². The molecule has 0 saturated heterocycles. The third-order valence-electron chi connectivity index (χ3n) is 18.4. The molecule has 14 rings (SSSR count). The maximum atomic E-state index is 5.55. The Bertz CT molecular complexity index is 3680. The van der Waals surface area contributed by atoms with Crippen molar-refractivity contribution in [1.82, 2.24) is 15.0 Å². The highest BCUT2D eigenvalue weighted by Crippen LogP contribution is 2.69. The van der Waals surface area contributed by atoms with Gasteiger partial charge in [-0.25, -0.2) is 15.0 Å². The normalized spacial score (nSPS) is 22.6. The van der Waals surface area contributed by atoms with Gasteiger partial charge < -0.3 is 0 Å². The maximum absolute atomic E-state index is 5.55. The van der Waals surface area contributed by atoms with E-state index in [0.29, 0.717) is 29.3 Å². The first-order valence-electron chi connectivity index (χ1n) is 26.5. The lowest BCUT2D eigenvalue weighted by molar-refractivity contribution is 0.0368. The lowest BCUT2D eigenvalue weighted by Gasteiger charge is -2.54. The molecule has 3 nitrogen and oxygen atoms in total. The van der Waals surface area contributed by atoms with Crippen molar-refractivity contribution in [2.45, 2.75) is 80.4 Å². The smallest absolute Gasteiger partial charge is 0.164 e. The lowest BCUT2D eigenvalue weighted by Crippen LogP contribution is -2.49. The van der Waals surface area contributed by atoms with Gasteiger partial charge in [0.25, 0.3) is 0 Å². The van der Waals surface area contributed by atoms with E-state index in [1.807, 2.05) is 0 Å². The number of fused-ring (bicyclic) bond motifs is 14. The van der Waals surface area contributed by atoms with Crippen LogP contribution in [0.25, 0.3) is 89.8 Å². The molecule has 0 N–H and O–H groups in total. The van der Waals surface area contributed by atoms with E-state index in [-0.39, 0.29) is 10.8 Å². The Kier molecular flexibility index (Phi) is 9.79. The Hall–Kier alpha value is -6.88. The Morgan fingerprint density at radius 1 is 0.444 bits per heavy atom. The summed E-state index contributed by atoms with van der Waals surface area (Å²) < 4.78 is 0. The molecule has 0 radical (unpaired) electrons. The molecule has 1 aromatic heterocycles. The summed E-state index contributed by atoms with van der Waals surface area (Å²) in [6.45, 7) is 9.71. The van der Waals surface area contributed by atoms with Crippen LogP contribution in [0.5, 0.6) is 0 Å². The molecule has 2 saturated carbocycles. The van der Waals surface area contributed by atoms with Gasteiger partial charge in [-0.3, -0.25) is 0 Å². The van der Waals surface area contributed by atoms with Crippen molar-refractivity contribution in [3.05, 3.63) is 198 Å². The Morgan fingerprint density at radius 2 is 1.00 bits per heavy atom. The largest absolute Gasteiger partial charge is 0.208 e. The number of hydrogen-bond acceptors (Lipinski definition) is 3. The summed E-state index contributed by atoms with van der Waals surface area (Å²) >= 11 is 0. The fraction of sp³-hybridized carbons (Fsp3) is 0.250. The second kappa shape index (κ2) is 16.1. The highest BCUT2D eigenvalue weighted by Gasteiger charge is 2.57. The zero-order chi connectivity index (χ0) is 48.7. The molecule has 2 bridgehead atoms. The van der Waals surface area contributed by atoms with Gasteiger partial charge in [-0.05, 0) is 170 Å². The number of aromatic nitrogens is 3. The summed E-state index contributed by atoms with van der Waals surface area (Å²) in [5.74, 6) is 4.67. The van der Waals surface area contributed by atoms with Crippen LogP contribution in [0.3, 0.4) is 0 Å². The van der Waals surface area contributed by atoms with Crippen LogP contribution in [-0.4, -0.2) is 27.5 Å². The second-order valence-electron chi connectivity index (χ2n) is 22.7. The van der Waals surface area contributed by atoms with Gasteiger partial charge in [0, 0.05) is 37.3 Å². The summed E-state index contributed by atoms with van der Waals surface area (Å²) in [5, 5.41) is 0. The molecule has 5 unspecified atom stereocenters. The highest BCUT2D eigenvalue weighted by molar-refractivity contribution is 8.33. The van der Waals surface area contributed by atoms with Gasteiger partial charge in [-0.15, -0.1) is 0 Å². The van der Waals surface area contributed by atoms with Gasteiger partial charge in [0.15, 0.2) is 17.5 Å². The molecule has 2 fully saturated rings. The van der Waals surface area contributed by atoms with Gasteiger partial charge >= 0.3 is 0 Å². The van der Waals surface area contributed by atoms with Crippen LogP contribution in [-0.2, 0) is 10.8 Å². The van der Waals surface area contributed by atoms with Crippen molar-refractivity contribution in [1.29, 1.82) is 0 Å². The molecular weight excluding hydrogens is 891 g/mol. The predicted molar refractivity (Wildman–Crippen MR) is 301 cm³/mol. The number of benzene rings is 8. The molecule has 354 valence electrons. The number of rotatable bonds is 6. The first kappa shape index (κ1) is 43.9. The van der Waals surface area contributed by atoms with Gasteiger partial charge in [0.05, 0.1) is 0 Å². The minimum absolute atomic E-state index is 0.0630. The lowest BCUT2D eigenvalue weighted by atomic mass is 9.49. The molecule has 1 spiro atoms. The molecule has 4 aliphatic carbocycles. The van der Waals surface area contributed by atoms with Gasteiger partial charge in [0.1, 0.15) is 0 Å². The van der Waals surface area contributed by atoms with E-state index in [9.17, 15) is 0 Å². The van der Waals surface area contributed by atoms with Gasteiger partial charge in [-0.1, -0.05) is 180 Å². The molecule has 5 aliphatic rings. The van der Waals surface area contributed by atoms with Crippen molar-refractivity contribution in [2.75, 3.05) is 12.5 Å². The third-order valence-corrected chi connectivity index (χ3v) is 21.3. The van der Waals surface area contributed by atoms with Crippen molar-refractivity contribution >= 4 is 10.0 Å². The van der Waals surface area contributed by atoms with Crippen LogP contribution in [0.2, 0.25) is 0 Å². The second-order valence-corrected chi connectivity index (χ2v) is 26.3. The van der Waals surface area contributed by atoms with E-state index in [1.165, 1.54) is 120 Å². The fourth-order valence-electron chi connectivity index (χ4n) is 15.1. The van der Waals surface area contributed by atoms with Crippen molar-refractivity contribution in [3.63, 3.8) is 0 Å². The van der Waals surface area contributed by atoms with E-state index in [0.717, 1.165) is 28.5 Å². The maximum Gasteiger partial charge on any atom is 0.164 e. The summed E-state index contributed by atoms with van der Waals surface area (Å²) in [6, 6.07) is 66.2. The summed E-state index contributed by atoms with van der Waals surface area (Å²) in [6.07, 6.45) is 11.4. The standard InChI is InChI=1S/C68H61N3S/c1-7-42-35-43-34-41(2)68(49(36-42)37-43)57-25-15-12-22-53(57)63-54(47-32-33-61-55(38-47)51-20-13-16-27-60(51)72(61,5)6)39-48(40-59(63)68)66-70-64(45-18-9-8-10-19-45)69-65(71-66)46-30-28-44(29-31-46)50-23-17-26-58-62(50)52-21-11-14-24-56(52)67(58,3)4/h8-33,38-43,49H,7,34-37H2,1-6H3. The summed E-state index contributed by atoms with van der Waals surface area (Å²) in [4.78, 5) is 19.3. The SMILES string of the molecule is CCC1CC2CC(C)C3(c4ccccc4-c4c(-c5ccc6c(c5)-c5ccccc5S6(C)C)cc(-c5nc(-c6ccccc6)nc(-c6ccc(-c7cccc8c7-c7ccccc7C8(C)C)cc6)n5)cc43)C(C1)C2. The molecule has 2 heterocycles. The first-order chi connectivity index (χ1) is 35.0. The van der Waals surface area contributed by atoms with Crippen LogP contribution in [0.4, 0.5) is 0 Å². The van der Waals surface area contributed by atoms with Crippen molar-refractivity contribution in [3.8, 4) is 89.8 Å². The number of hydrogen-bond donors (Lipinski definition) is 0. The first-order valence-corrected chi connectivity index (χ1v) is 28.9. The zero-order valence-corrected chi connectivity index (χ0v) is 43.2. The molecule has 0 amide bonds. The van der Waals surface area contributed by atoms with E-state index in [4.69, 9.17) is 15.0 Å². The Labute approximate surface area is 427 Å². The average Bonchev–Trinajstić information content (AvgIpc) is 3.95. The monoisotopic (exact) mass is 951 g/mol. The van der Waals surface area contributed by atoms with E-state index in [2.05, 4.69) is 216 Å². The molecule has 8 aromatic carbocycles. The van der Waals surface area contributed by atoms with Crippen LogP contribution in [0.15, 0.2) is 186 Å². The minimum Gasteiger partial charge on any atom is -0.208 e. The van der Waals surface area contributed by atoms with Crippen LogP contribution < -0.4 is 0 Å². The highest BCUT2D eigenvalue weighted by atomic mass is 32.3. The quantitative estimate of drug-likeness (QED) is 0.167. The van der Waals surface area contributed by atoms with E-state index in [1.54, 1.807) is 0 Å². The van der Waals surface area contributed by atoms with Crippen LogP contribution in [0, 0.1) is 23.7 Å². The predicted octanol–water partition coefficient (Wildman–Crippen LogP) is 17.7. The van der Waals surface area contributed by atoms with E-state index < -0.39 is 10.0 Å². The van der Waals surface area contributed by atoms with Crippen molar-refractivity contribution in [2.24, 2.45) is 23.7 Å². The number of nitrogens with zero attached hydrogens (tertiary/aromatic N) is 3. The van der Waals surface area contributed by atoms with E-state index >= 15 is 0 Å².